The summed E-state index contributed by atoms with van der Waals surface area (Å²) < 4.78 is 2.10. The number of aliphatic hydroxyl groups is 1. The Labute approximate surface area is 190 Å². The minimum atomic E-state index is -0.374. The highest BCUT2D eigenvalue weighted by Crippen LogP contribution is 2.30. The van der Waals surface area contributed by atoms with Crippen LogP contribution in [-0.2, 0) is 24.2 Å². The van der Waals surface area contributed by atoms with E-state index in [1.807, 2.05) is 12.1 Å². The van der Waals surface area contributed by atoms with E-state index >= 15 is 0 Å². The lowest BCUT2D eigenvalue weighted by Gasteiger charge is -2.28. The predicted molar refractivity (Wildman–Crippen MR) is 119 cm³/mol. The van der Waals surface area contributed by atoms with E-state index in [-0.39, 0.29) is 30.5 Å². The molecule has 1 atom stereocenters. The van der Waals surface area contributed by atoms with Gasteiger partial charge in [-0.25, -0.2) is 4.98 Å². The number of anilines is 1. The van der Waals surface area contributed by atoms with Crippen LogP contribution < -0.4 is 5.32 Å². The van der Waals surface area contributed by atoms with E-state index in [0.29, 0.717) is 42.9 Å². The number of carbonyl (C=O) groups excluding carboxylic acids is 2. The Bertz CT molecular complexity index is 1220. The zero-order valence-corrected chi connectivity index (χ0v) is 18.4. The molecular weight excluding hydrogens is 422 g/mol. The lowest BCUT2D eigenvalue weighted by molar-refractivity contribution is -0.132. The van der Waals surface area contributed by atoms with Crippen LogP contribution in [-0.4, -0.2) is 59.7 Å². The zero-order chi connectivity index (χ0) is 22.9. The molecule has 0 fully saturated rings. The number of amides is 2. The van der Waals surface area contributed by atoms with Gasteiger partial charge in [-0.05, 0) is 49.1 Å². The summed E-state index contributed by atoms with van der Waals surface area (Å²) in [5, 5.41) is 20.4. The summed E-state index contributed by atoms with van der Waals surface area (Å²) >= 11 is 0. The average molecular weight is 447 g/mol. The molecule has 10 heteroatoms. The van der Waals surface area contributed by atoms with Crippen molar-refractivity contribution in [2.75, 3.05) is 18.5 Å². The summed E-state index contributed by atoms with van der Waals surface area (Å²) in [4.78, 5) is 35.6. The average Bonchev–Trinajstić information content (AvgIpc) is 3.41. The van der Waals surface area contributed by atoms with Gasteiger partial charge in [-0.15, -0.1) is 10.2 Å². The van der Waals surface area contributed by atoms with Crippen molar-refractivity contribution in [1.82, 2.24) is 29.6 Å². The van der Waals surface area contributed by atoms with Crippen molar-refractivity contribution in [1.29, 1.82) is 0 Å². The first-order valence-electron chi connectivity index (χ1n) is 11.1. The van der Waals surface area contributed by atoms with Crippen LogP contribution in [0.15, 0.2) is 30.5 Å². The van der Waals surface area contributed by atoms with Crippen LogP contribution >= 0.6 is 0 Å². The van der Waals surface area contributed by atoms with Crippen molar-refractivity contribution in [3.8, 4) is 11.5 Å². The second kappa shape index (κ2) is 8.70. The highest BCUT2D eigenvalue weighted by molar-refractivity contribution is 6.02. The second-order valence-corrected chi connectivity index (χ2v) is 8.44. The highest BCUT2D eigenvalue weighted by Gasteiger charge is 2.25. The number of nitrogens with zero attached hydrogens (tertiary/aromatic N) is 6. The maximum Gasteiger partial charge on any atom is 0.275 e. The van der Waals surface area contributed by atoms with Gasteiger partial charge in [0.15, 0.2) is 5.82 Å². The number of nitrogens with one attached hydrogen (secondary N) is 1. The van der Waals surface area contributed by atoms with E-state index in [4.69, 9.17) is 5.11 Å². The van der Waals surface area contributed by atoms with Gasteiger partial charge in [0.05, 0.1) is 6.61 Å². The lowest BCUT2D eigenvalue weighted by atomic mass is 10.0. The predicted octanol–water partition coefficient (Wildman–Crippen LogP) is 1.76. The lowest BCUT2D eigenvalue weighted by Crippen LogP contribution is -2.36. The molecule has 5 rings (SSSR count). The van der Waals surface area contributed by atoms with Crippen molar-refractivity contribution in [3.63, 3.8) is 0 Å². The Hall–Kier alpha value is -3.66. The van der Waals surface area contributed by atoms with Gasteiger partial charge in [-0.3, -0.25) is 14.6 Å². The standard InChI is InChI=1S/C23H25N7O3/c1-14-5-6-20-27-28-22(30(14)20)17-3-2-4-19(25-17)26-23(33)18-11-16-13-29(21(32)8-10-31)9-7-15(16)12-24-18/h2-4,11-12,14,31H,5-10,13H2,1H3,(H,25,26,33)/t14-/m0/s1. The molecule has 33 heavy (non-hydrogen) atoms. The van der Waals surface area contributed by atoms with Crippen LogP contribution in [0.2, 0.25) is 0 Å². The molecule has 0 aromatic carbocycles. The molecule has 2 aliphatic heterocycles. The third-order valence-corrected chi connectivity index (χ3v) is 6.22. The van der Waals surface area contributed by atoms with Gasteiger partial charge in [-0.1, -0.05) is 6.07 Å². The monoisotopic (exact) mass is 447 g/mol. The number of hydrogen-bond donors (Lipinski definition) is 2. The molecule has 3 aromatic rings. The minimum absolute atomic E-state index is 0.0961. The number of carbonyl (C=O) groups is 2. The first-order chi connectivity index (χ1) is 16.0. The summed E-state index contributed by atoms with van der Waals surface area (Å²) in [7, 11) is 0. The van der Waals surface area contributed by atoms with E-state index in [1.165, 1.54) is 0 Å². The fourth-order valence-electron chi connectivity index (χ4n) is 4.44. The molecule has 0 radical (unpaired) electrons. The molecule has 2 aliphatic rings. The SMILES string of the molecule is C[C@H]1CCc2nnc(-c3cccc(NC(=O)c4cc5c(cn4)CCN(C(=O)CCO)C5)n3)n21. The van der Waals surface area contributed by atoms with E-state index < -0.39 is 0 Å². The van der Waals surface area contributed by atoms with Crippen LogP contribution in [0.4, 0.5) is 5.82 Å². The molecule has 0 bridgehead atoms. The number of rotatable bonds is 5. The Morgan fingerprint density at radius 2 is 2.09 bits per heavy atom. The molecule has 3 aromatic heterocycles. The van der Waals surface area contributed by atoms with E-state index in [9.17, 15) is 9.59 Å². The van der Waals surface area contributed by atoms with Gasteiger partial charge in [0.25, 0.3) is 5.91 Å². The van der Waals surface area contributed by atoms with Crippen LogP contribution in [0.3, 0.4) is 0 Å². The quantitative estimate of drug-likeness (QED) is 0.610. The maximum atomic E-state index is 12.9. The number of aliphatic hydroxyl groups excluding tert-OH is 1. The van der Waals surface area contributed by atoms with Crippen LogP contribution in [0.5, 0.6) is 0 Å². The molecule has 5 heterocycles. The fourth-order valence-corrected chi connectivity index (χ4v) is 4.44. The largest absolute Gasteiger partial charge is 0.396 e. The third-order valence-electron chi connectivity index (χ3n) is 6.22. The van der Waals surface area contributed by atoms with Crippen molar-refractivity contribution in [2.45, 2.75) is 45.2 Å². The topological polar surface area (TPSA) is 126 Å². The molecule has 0 saturated carbocycles. The number of aryl methyl sites for hydroxylation is 1. The summed E-state index contributed by atoms with van der Waals surface area (Å²) in [5.41, 5.74) is 2.82. The summed E-state index contributed by atoms with van der Waals surface area (Å²) in [6, 6.07) is 7.44. The van der Waals surface area contributed by atoms with E-state index in [0.717, 1.165) is 29.8 Å². The van der Waals surface area contributed by atoms with Crippen LogP contribution in [0.25, 0.3) is 11.5 Å². The van der Waals surface area contributed by atoms with Gasteiger partial charge >= 0.3 is 0 Å². The fraction of sp³-hybridized carbons (Fsp3) is 0.391. The maximum absolute atomic E-state index is 12.9. The summed E-state index contributed by atoms with van der Waals surface area (Å²) in [6.45, 7) is 2.95. The summed E-state index contributed by atoms with van der Waals surface area (Å²) in [6.07, 6.45) is 4.40. The first-order valence-corrected chi connectivity index (χ1v) is 11.1. The number of pyridine rings is 2. The van der Waals surface area contributed by atoms with Crippen molar-refractivity contribution < 1.29 is 14.7 Å². The van der Waals surface area contributed by atoms with E-state index in [2.05, 4.69) is 37.0 Å². The number of aromatic nitrogens is 5. The molecule has 0 spiro atoms. The second-order valence-electron chi connectivity index (χ2n) is 8.44. The van der Waals surface area contributed by atoms with Crippen molar-refractivity contribution >= 4 is 17.6 Å². The minimum Gasteiger partial charge on any atom is -0.396 e. The smallest absolute Gasteiger partial charge is 0.275 e. The summed E-state index contributed by atoms with van der Waals surface area (Å²) in [5.74, 6) is 1.59. The number of hydrogen-bond acceptors (Lipinski definition) is 7. The Kier molecular flexibility index (Phi) is 5.59. The normalized spacial score (nSPS) is 16.9. The van der Waals surface area contributed by atoms with Crippen LogP contribution in [0.1, 0.15) is 53.2 Å². The molecule has 2 amide bonds. The van der Waals surface area contributed by atoms with Gasteiger partial charge in [0.2, 0.25) is 5.91 Å². The zero-order valence-electron chi connectivity index (χ0n) is 18.4. The van der Waals surface area contributed by atoms with Gasteiger partial charge in [0, 0.05) is 38.2 Å². The molecule has 0 saturated heterocycles. The van der Waals surface area contributed by atoms with Crippen molar-refractivity contribution in [2.24, 2.45) is 0 Å². The molecule has 10 nitrogen and oxygen atoms in total. The van der Waals surface area contributed by atoms with Gasteiger partial charge < -0.3 is 19.9 Å². The Morgan fingerprint density at radius 1 is 1.21 bits per heavy atom. The molecule has 170 valence electrons. The van der Waals surface area contributed by atoms with E-state index in [1.54, 1.807) is 23.2 Å². The molecule has 0 aliphatic carbocycles. The molecule has 0 unspecified atom stereocenters. The molecular formula is C23H25N7O3. The van der Waals surface area contributed by atoms with Crippen LogP contribution in [0, 0.1) is 0 Å². The van der Waals surface area contributed by atoms with Gasteiger partial charge in [-0.2, -0.15) is 0 Å². The van der Waals surface area contributed by atoms with Gasteiger partial charge in [0.1, 0.15) is 23.0 Å². The third kappa shape index (κ3) is 4.09. The first kappa shape index (κ1) is 21.2. The number of fused-ring (bicyclic) bond motifs is 2. The Balaban J connectivity index is 1.33. The Morgan fingerprint density at radius 3 is 2.94 bits per heavy atom. The molecule has 2 N–H and O–H groups in total. The highest BCUT2D eigenvalue weighted by atomic mass is 16.3. The van der Waals surface area contributed by atoms with Crippen molar-refractivity contribution in [3.05, 3.63) is 53.1 Å².